The molecule has 5 heteroatoms. The first-order valence-electron chi connectivity index (χ1n) is 6.12. The van der Waals surface area contributed by atoms with Gasteiger partial charge < -0.3 is 5.32 Å². The van der Waals surface area contributed by atoms with Gasteiger partial charge in [0.2, 0.25) is 0 Å². The molecule has 1 N–H and O–H groups in total. The molecule has 1 heterocycles. The number of nitrogens with one attached hydrogen (secondary N) is 1. The zero-order valence-corrected chi connectivity index (χ0v) is 11.4. The maximum atomic E-state index is 11.9. The molecule has 0 amide bonds. The lowest BCUT2D eigenvalue weighted by atomic mass is 10.2. The third kappa shape index (κ3) is 3.73. The van der Waals surface area contributed by atoms with Gasteiger partial charge in [0.25, 0.3) is 5.56 Å². The Kier molecular flexibility index (Phi) is 5.48. The topological polar surface area (TPSA) is 46.9 Å². The van der Waals surface area contributed by atoms with Crippen LogP contribution in [0.4, 0.5) is 5.69 Å². The van der Waals surface area contributed by atoms with Gasteiger partial charge in [0.15, 0.2) is 0 Å². The summed E-state index contributed by atoms with van der Waals surface area (Å²) in [6.07, 6.45) is 4.56. The van der Waals surface area contributed by atoms with Crippen LogP contribution in [0.15, 0.2) is 11.0 Å². The molecule has 1 atom stereocenters. The number of aryl methyl sites for hydroxylation is 1. The van der Waals surface area contributed by atoms with Crippen LogP contribution in [-0.4, -0.2) is 15.8 Å². The summed E-state index contributed by atoms with van der Waals surface area (Å²) >= 11 is 6.04. The van der Waals surface area contributed by atoms with Crippen molar-refractivity contribution in [3.05, 3.63) is 21.6 Å². The molecule has 1 aromatic rings. The Bertz CT molecular complexity index is 417. The van der Waals surface area contributed by atoms with E-state index in [4.69, 9.17) is 11.6 Å². The van der Waals surface area contributed by atoms with Gasteiger partial charge in [-0.3, -0.25) is 4.79 Å². The number of anilines is 1. The summed E-state index contributed by atoms with van der Waals surface area (Å²) in [7, 11) is 0. The summed E-state index contributed by atoms with van der Waals surface area (Å²) < 4.78 is 1.42. The highest BCUT2D eigenvalue weighted by Gasteiger charge is 2.10. The molecule has 1 rings (SSSR count). The normalized spacial score (nSPS) is 12.5. The smallest absolute Gasteiger partial charge is 0.287 e. The van der Waals surface area contributed by atoms with Gasteiger partial charge >= 0.3 is 0 Å². The van der Waals surface area contributed by atoms with Crippen LogP contribution in [0.5, 0.6) is 0 Å². The Labute approximate surface area is 107 Å². The summed E-state index contributed by atoms with van der Waals surface area (Å²) in [6.45, 7) is 6.81. The molecule has 1 unspecified atom stereocenters. The standard InChI is InChI=1S/C12H20ClN3O/c1-4-6-7-16-12(17)11(13)10(8-14-16)15-9(3)5-2/h8-9,15H,4-7H2,1-3H3. The zero-order valence-electron chi connectivity index (χ0n) is 10.7. The minimum Gasteiger partial charge on any atom is -0.380 e. The quantitative estimate of drug-likeness (QED) is 0.852. The Morgan fingerprint density at radius 1 is 1.53 bits per heavy atom. The van der Waals surface area contributed by atoms with Crippen molar-refractivity contribution in [3.8, 4) is 0 Å². The molecule has 0 aliphatic heterocycles. The monoisotopic (exact) mass is 257 g/mol. The van der Waals surface area contributed by atoms with Crippen molar-refractivity contribution in [3.63, 3.8) is 0 Å². The number of halogens is 1. The van der Waals surface area contributed by atoms with Crippen molar-refractivity contribution in [2.75, 3.05) is 5.32 Å². The Morgan fingerprint density at radius 2 is 2.24 bits per heavy atom. The minimum atomic E-state index is -0.214. The fourth-order valence-electron chi connectivity index (χ4n) is 1.40. The summed E-state index contributed by atoms with van der Waals surface area (Å²) in [5.41, 5.74) is 0.409. The molecule has 0 aliphatic rings. The maximum Gasteiger partial charge on any atom is 0.287 e. The van der Waals surface area contributed by atoms with E-state index in [1.165, 1.54) is 4.68 Å². The number of hydrogen-bond donors (Lipinski definition) is 1. The van der Waals surface area contributed by atoms with Crippen molar-refractivity contribution in [2.45, 2.75) is 52.6 Å². The molecule has 0 fully saturated rings. The predicted octanol–water partition coefficient (Wildman–Crippen LogP) is 2.91. The van der Waals surface area contributed by atoms with Crippen molar-refractivity contribution in [2.24, 2.45) is 0 Å². The van der Waals surface area contributed by atoms with Crippen LogP contribution in [-0.2, 0) is 6.54 Å². The van der Waals surface area contributed by atoms with E-state index in [-0.39, 0.29) is 16.6 Å². The Balaban J connectivity index is 2.90. The van der Waals surface area contributed by atoms with E-state index < -0.39 is 0 Å². The third-order valence-corrected chi connectivity index (χ3v) is 3.09. The van der Waals surface area contributed by atoms with Crippen LogP contribution >= 0.6 is 11.6 Å². The van der Waals surface area contributed by atoms with Gasteiger partial charge in [0.1, 0.15) is 5.02 Å². The Morgan fingerprint density at radius 3 is 2.82 bits per heavy atom. The third-order valence-electron chi connectivity index (χ3n) is 2.72. The molecule has 4 nitrogen and oxygen atoms in total. The largest absolute Gasteiger partial charge is 0.380 e. The van der Waals surface area contributed by atoms with Crippen LogP contribution in [0, 0.1) is 0 Å². The second-order valence-electron chi connectivity index (χ2n) is 4.21. The number of hydrogen-bond acceptors (Lipinski definition) is 3. The molecule has 0 radical (unpaired) electrons. The minimum absolute atomic E-state index is 0.214. The number of nitrogens with zero attached hydrogens (tertiary/aromatic N) is 2. The molecule has 1 aromatic heterocycles. The van der Waals surface area contributed by atoms with Crippen molar-refractivity contribution >= 4 is 17.3 Å². The molecule has 96 valence electrons. The summed E-state index contributed by atoms with van der Waals surface area (Å²) in [6, 6.07) is 0.278. The van der Waals surface area contributed by atoms with Crippen LogP contribution < -0.4 is 10.9 Å². The molecule has 0 spiro atoms. The highest BCUT2D eigenvalue weighted by molar-refractivity contribution is 6.32. The average molecular weight is 258 g/mol. The lowest BCUT2D eigenvalue weighted by Crippen LogP contribution is -2.25. The summed E-state index contributed by atoms with van der Waals surface area (Å²) in [5, 5.41) is 7.53. The first kappa shape index (κ1) is 14.0. The van der Waals surface area contributed by atoms with E-state index in [2.05, 4.69) is 24.3 Å². The molecule has 17 heavy (non-hydrogen) atoms. The van der Waals surface area contributed by atoms with Gasteiger partial charge in [-0.25, -0.2) is 4.68 Å². The fourth-order valence-corrected chi connectivity index (χ4v) is 1.60. The molecule has 0 aromatic carbocycles. The highest BCUT2D eigenvalue weighted by atomic mass is 35.5. The predicted molar refractivity (Wildman–Crippen MR) is 71.8 cm³/mol. The van der Waals surface area contributed by atoms with Gasteiger partial charge in [-0.2, -0.15) is 5.10 Å². The lowest BCUT2D eigenvalue weighted by Gasteiger charge is -2.14. The van der Waals surface area contributed by atoms with Gasteiger partial charge in [-0.05, 0) is 19.8 Å². The first-order chi connectivity index (χ1) is 8.10. The van der Waals surface area contributed by atoms with Crippen molar-refractivity contribution in [1.82, 2.24) is 9.78 Å². The van der Waals surface area contributed by atoms with E-state index in [0.29, 0.717) is 12.2 Å². The van der Waals surface area contributed by atoms with Crippen molar-refractivity contribution in [1.29, 1.82) is 0 Å². The second kappa shape index (κ2) is 6.64. The van der Waals surface area contributed by atoms with Gasteiger partial charge in [0.05, 0.1) is 11.9 Å². The van der Waals surface area contributed by atoms with E-state index in [1.807, 2.05) is 6.92 Å². The molecular formula is C12H20ClN3O. The highest BCUT2D eigenvalue weighted by Crippen LogP contribution is 2.16. The van der Waals surface area contributed by atoms with Gasteiger partial charge in [-0.15, -0.1) is 0 Å². The summed E-state index contributed by atoms with van der Waals surface area (Å²) in [5.74, 6) is 0. The Hall–Kier alpha value is -1.03. The number of rotatable bonds is 6. The van der Waals surface area contributed by atoms with Crippen LogP contribution in [0.3, 0.4) is 0 Å². The van der Waals surface area contributed by atoms with E-state index in [0.717, 1.165) is 19.3 Å². The summed E-state index contributed by atoms with van der Waals surface area (Å²) in [4.78, 5) is 11.9. The van der Waals surface area contributed by atoms with E-state index >= 15 is 0 Å². The fraction of sp³-hybridized carbons (Fsp3) is 0.667. The zero-order chi connectivity index (χ0) is 12.8. The molecule has 0 bridgehead atoms. The number of aromatic nitrogens is 2. The van der Waals surface area contributed by atoms with Gasteiger partial charge in [0, 0.05) is 12.6 Å². The SMILES string of the molecule is CCCCn1ncc(NC(C)CC)c(Cl)c1=O. The van der Waals surface area contributed by atoms with E-state index in [1.54, 1.807) is 6.20 Å². The molecule has 0 aliphatic carbocycles. The molecular weight excluding hydrogens is 238 g/mol. The second-order valence-corrected chi connectivity index (χ2v) is 4.59. The molecule has 0 saturated heterocycles. The van der Waals surface area contributed by atoms with E-state index in [9.17, 15) is 4.79 Å². The van der Waals surface area contributed by atoms with Crippen LogP contribution in [0.25, 0.3) is 0 Å². The lowest BCUT2D eigenvalue weighted by molar-refractivity contribution is 0.543. The van der Waals surface area contributed by atoms with Crippen LogP contribution in [0.2, 0.25) is 5.02 Å². The average Bonchev–Trinajstić information content (AvgIpc) is 2.34. The van der Waals surface area contributed by atoms with Gasteiger partial charge in [-0.1, -0.05) is 31.9 Å². The molecule has 0 saturated carbocycles. The maximum absolute atomic E-state index is 11.9. The first-order valence-corrected chi connectivity index (χ1v) is 6.50. The van der Waals surface area contributed by atoms with Crippen LogP contribution in [0.1, 0.15) is 40.0 Å². The van der Waals surface area contributed by atoms with Crippen molar-refractivity contribution < 1.29 is 0 Å². The number of unbranched alkanes of at least 4 members (excludes halogenated alkanes) is 1.